The van der Waals surface area contributed by atoms with E-state index in [9.17, 15) is 20.2 Å². The Balaban J connectivity index is 1.38. The van der Waals surface area contributed by atoms with E-state index in [-0.39, 0.29) is 56.1 Å². The molecule has 0 aromatic heterocycles. The van der Waals surface area contributed by atoms with Gasteiger partial charge in [-0.25, -0.2) is 0 Å². The van der Waals surface area contributed by atoms with Crippen LogP contribution in [0.25, 0.3) is 0 Å². The fourth-order valence-electron chi connectivity index (χ4n) is 9.43. The summed E-state index contributed by atoms with van der Waals surface area (Å²) in [6, 6.07) is 36.2. The molecule has 0 N–H and O–H groups in total. The van der Waals surface area contributed by atoms with Gasteiger partial charge in [-0.2, -0.15) is 0 Å². The Morgan fingerprint density at radius 2 is 0.829 bits per heavy atom. The number of aryl methyl sites for hydroxylation is 2. The van der Waals surface area contributed by atoms with Crippen LogP contribution in [0.4, 0.5) is 22.7 Å². The van der Waals surface area contributed by atoms with Crippen LogP contribution in [-0.2, 0) is 61.1 Å². The third kappa shape index (κ3) is 11.5. The molecule has 0 fully saturated rings. The minimum Gasteiger partial charge on any atom is -0.488 e. The number of nitro benzene ring substituents is 2. The summed E-state index contributed by atoms with van der Waals surface area (Å²) in [6.07, 6.45) is 0. The third-order valence-electron chi connectivity index (χ3n) is 13.4. The zero-order valence-corrected chi connectivity index (χ0v) is 43.9. The summed E-state index contributed by atoms with van der Waals surface area (Å²) in [6.45, 7) is 33.2. The predicted octanol–water partition coefficient (Wildman–Crippen LogP) is 15.2. The summed E-state index contributed by atoms with van der Waals surface area (Å²) in [7, 11) is 0. The largest absolute Gasteiger partial charge is 0.488 e. The Kier molecular flexibility index (Phi) is 14.3. The minimum atomic E-state index is -0.341. The van der Waals surface area contributed by atoms with Gasteiger partial charge in [-0.05, 0) is 94.2 Å². The average Bonchev–Trinajstić information content (AvgIpc) is 3.25. The van der Waals surface area contributed by atoms with Crippen molar-refractivity contribution in [3.63, 3.8) is 0 Å². The van der Waals surface area contributed by atoms with E-state index in [1.807, 2.05) is 12.1 Å². The molecule has 1 aliphatic heterocycles. The number of fused-ring (bicyclic) bond motifs is 2. The summed E-state index contributed by atoms with van der Waals surface area (Å²) >= 11 is 0. The molecule has 6 aromatic carbocycles. The van der Waals surface area contributed by atoms with E-state index in [4.69, 9.17) is 9.47 Å². The van der Waals surface area contributed by atoms with E-state index in [0.29, 0.717) is 37.3 Å². The highest BCUT2D eigenvalue weighted by atomic mass is 16.6. The van der Waals surface area contributed by atoms with Crippen molar-refractivity contribution in [3.05, 3.63) is 196 Å². The molecule has 6 aromatic rings. The Labute approximate surface area is 416 Å². The third-order valence-corrected chi connectivity index (χ3v) is 13.4. The fraction of sp³-hybridized carbons (Fsp3) is 0.400. The first-order valence-corrected chi connectivity index (χ1v) is 24.4. The van der Waals surface area contributed by atoms with Crippen LogP contribution >= 0.6 is 0 Å². The maximum atomic E-state index is 12.1. The van der Waals surface area contributed by atoms with Gasteiger partial charge in [0, 0.05) is 71.9 Å². The number of anilines is 2. The summed E-state index contributed by atoms with van der Waals surface area (Å²) < 4.78 is 13.8. The highest BCUT2D eigenvalue weighted by molar-refractivity contribution is 5.66. The molecule has 70 heavy (non-hydrogen) atoms. The lowest BCUT2D eigenvalue weighted by atomic mass is 9.78. The maximum absolute atomic E-state index is 12.1. The first-order chi connectivity index (χ1) is 32.7. The second-order valence-electron chi connectivity index (χ2n) is 23.3. The van der Waals surface area contributed by atoms with Gasteiger partial charge in [-0.15, -0.1) is 0 Å². The Bertz CT molecular complexity index is 2730. The van der Waals surface area contributed by atoms with Gasteiger partial charge in [0.15, 0.2) is 0 Å². The van der Waals surface area contributed by atoms with E-state index in [1.54, 1.807) is 24.3 Å². The molecule has 0 atom stereocenters. The number of benzene rings is 6. The van der Waals surface area contributed by atoms with Crippen molar-refractivity contribution in [3.8, 4) is 11.5 Å². The van der Waals surface area contributed by atoms with Gasteiger partial charge in [0.05, 0.1) is 21.0 Å². The van der Waals surface area contributed by atoms with Crippen molar-refractivity contribution in [1.82, 2.24) is 0 Å². The molecule has 0 saturated carbocycles. The summed E-state index contributed by atoms with van der Waals surface area (Å²) in [5.74, 6) is 1.50. The van der Waals surface area contributed by atoms with Crippen LogP contribution in [0.15, 0.2) is 109 Å². The molecule has 10 nitrogen and oxygen atoms in total. The van der Waals surface area contributed by atoms with Crippen molar-refractivity contribution in [2.24, 2.45) is 0 Å². The van der Waals surface area contributed by atoms with Gasteiger partial charge in [0.25, 0.3) is 11.4 Å². The summed E-state index contributed by atoms with van der Waals surface area (Å²) in [5, 5.41) is 24.3. The van der Waals surface area contributed by atoms with Gasteiger partial charge < -0.3 is 19.3 Å². The second-order valence-corrected chi connectivity index (χ2v) is 23.3. The standard InChI is InChI=1S/C60H72N4O6/c1-39-23-25-51-43(27-39)33-61(35-45-29-47(57(3,4)5)31-49(59(9,10)11)55(45)69-37-41-19-15-17-21-53(41)63(65)66)52-26-24-40(2)28-44(52)34-62(51)36-46-30-48(58(6,7)8)32-50(60(12,13)14)56(46)70-38-42-20-16-18-22-54(42)64(67)68/h15-32H,33-38H2,1-14H3. The number of ether oxygens (including phenoxy) is 2. The molecule has 7 rings (SSSR count). The van der Waals surface area contributed by atoms with Gasteiger partial charge in [-0.3, -0.25) is 20.2 Å². The van der Waals surface area contributed by atoms with E-state index in [1.165, 1.54) is 34.4 Å². The van der Waals surface area contributed by atoms with Crippen LogP contribution in [0.5, 0.6) is 11.5 Å². The zero-order chi connectivity index (χ0) is 51.1. The van der Waals surface area contributed by atoms with E-state index < -0.39 is 0 Å². The normalized spacial score (nSPS) is 13.3. The maximum Gasteiger partial charge on any atom is 0.276 e. The van der Waals surface area contributed by atoms with Gasteiger partial charge in [0.1, 0.15) is 24.7 Å². The lowest BCUT2D eigenvalue weighted by Gasteiger charge is -2.38. The van der Waals surface area contributed by atoms with Crippen molar-refractivity contribution in [2.45, 2.75) is 158 Å². The SMILES string of the molecule is Cc1ccc2c(c1)CN(Cc1cc(C(C)(C)C)cc(C(C)(C)C)c1OCc1ccccc1[N+](=O)[O-])c1ccc(C)cc1CN2Cc1cc(C(C)(C)C)cc(C(C)(C)C)c1OCc1ccccc1[N+](=O)[O-]. The number of hydrogen-bond acceptors (Lipinski definition) is 8. The van der Waals surface area contributed by atoms with Crippen LogP contribution in [0.1, 0.15) is 150 Å². The number of para-hydroxylation sites is 2. The molecule has 0 aliphatic carbocycles. The van der Waals surface area contributed by atoms with Crippen molar-refractivity contribution in [2.75, 3.05) is 9.80 Å². The molecular formula is C60H72N4O6. The molecule has 0 radical (unpaired) electrons. The zero-order valence-electron chi connectivity index (χ0n) is 43.9. The highest BCUT2D eigenvalue weighted by Crippen LogP contribution is 2.44. The molecule has 0 unspecified atom stereocenters. The van der Waals surface area contributed by atoms with Crippen LogP contribution in [0.3, 0.4) is 0 Å². The highest BCUT2D eigenvalue weighted by Gasteiger charge is 2.32. The van der Waals surface area contributed by atoms with Crippen LogP contribution in [0, 0.1) is 34.1 Å². The quantitative estimate of drug-likeness (QED) is 0.0881. The summed E-state index contributed by atoms with van der Waals surface area (Å²) in [4.78, 5) is 28.6. The van der Waals surface area contributed by atoms with Crippen molar-refractivity contribution < 1.29 is 19.3 Å². The first kappa shape index (κ1) is 51.2. The Morgan fingerprint density at radius 1 is 0.471 bits per heavy atom. The topological polar surface area (TPSA) is 111 Å². The second kappa shape index (κ2) is 19.6. The number of hydrogen-bond donors (Lipinski definition) is 0. The molecule has 0 spiro atoms. The number of nitrogens with zero attached hydrogens (tertiary/aromatic N) is 4. The van der Waals surface area contributed by atoms with Crippen LogP contribution in [-0.4, -0.2) is 9.85 Å². The van der Waals surface area contributed by atoms with Crippen molar-refractivity contribution in [1.29, 1.82) is 0 Å². The minimum absolute atomic E-state index is 0.0379. The molecule has 0 bridgehead atoms. The predicted molar refractivity (Wildman–Crippen MR) is 285 cm³/mol. The van der Waals surface area contributed by atoms with E-state index >= 15 is 0 Å². The summed E-state index contributed by atoms with van der Waals surface area (Å²) in [5.41, 5.74) is 13.5. The molecule has 10 heteroatoms. The molecule has 368 valence electrons. The van der Waals surface area contributed by atoms with Crippen LogP contribution < -0.4 is 19.3 Å². The Morgan fingerprint density at radius 3 is 1.16 bits per heavy atom. The van der Waals surface area contributed by atoms with Gasteiger partial charge in [0.2, 0.25) is 0 Å². The monoisotopic (exact) mass is 945 g/mol. The number of nitro groups is 2. The first-order valence-electron chi connectivity index (χ1n) is 24.4. The van der Waals surface area contributed by atoms with Gasteiger partial charge >= 0.3 is 0 Å². The smallest absolute Gasteiger partial charge is 0.276 e. The molecule has 1 heterocycles. The molecular weight excluding hydrogens is 873 g/mol. The number of rotatable bonds is 12. The van der Waals surface area contributed by atoms with Crippen molar-refractivity contribution >= 4 is 22.7 Å². The van der Waals surface area contributed by atoms with E-state index in [2.05, 4.69) is 167 Å². The van der Waals surface area contributed by atoms with E-state index in [0.717, 1.165) is 56.3 Å². The fourth-order valence-corrected chi connectivity index (χ4v) is 9.43. The average molecular weight is 945 g/mol. The molecule has 1 aliphatic rings. The lowest BCUT2D eigenvalue weighted by molar-refractivity contribution is -0.386. The molecule has 0 amide bonds. The van der Waals surface area contributed by atoms with Gasteiger partial charge in [-0.1, -0.05) is 155 Å². The van der Waals surface area contributed by atoms with Crippen LogP contribution in [0.2, 0.25) is 0 Å². The molecule has 0 saturated heterocycles. The Hall–Kier alpha value is -6.68. The lowest BCUT2D eigenvalue weighted by Crippen LogP contribution is -2.32.